The van der Waals surface area contributed by atoms with E-state index in [0.29, 0.717) is 5.41 Å². The van der Waals surface area contributed by atoms with Gasteiger partial charge in [0.1, 0.15) is 5.76 Å². The molecule has 1 heterocycles. The summed E-state index contributed by atoms with van der Waals surface area (Å²) in [6.07, 6.45) is 7.40. The van der Waals surface area contributed by atoms with Crippen LogP contribution in [0, 0.1) is 5.92 Å². The Balaban J connectivity index is 1.97. The highest BCUT2D eigenvalue weighted by Crippen LogP contribution is 2.62. The van der Waals surface area contributed by atoms with Crippen LogP contribution >= 0.6 is 0 Å². The van der Waals surface area contributed by atoms with Crippen molar-refractivity contribution in [1.82, 2.24) is 0 Å². The summed E-state index contributed by atoms with van der Waals surface area (Å²) in [7, 11) is 0. The highest BCUT2D eigenvalue weighted by Gasteiger charge is 2.56. The molecule has 0 amide bonds. The third kappa shape index (κ3) is 0.712. The van der Waals surface area contributed by atoms with Crippen molar-refractivity contribution in [3.05, 3.63) is 24.2 Å². The smallest absolute Gasteiger partial charge is 0.110 e. The highest BCUT2D eigenvalue weighted by molar-refractivity contribution is 5.26. The summed E-state index contributed by atoms with van der Waals surface area (Å²) < 4.78 is 5.46. The molecule has 0 aliphatic heterocycles. The molecule has 0 spiro atoms. The standard InChI is InChI=1S/C10H12O/c1-2-9(11-7-1)10(5-6-10)8-3-4-8/h1-2,7-8H,3-6H2. The second-order valence-corrected chi connectivity index (χ2v) is 3.91. The van der Waals surface area contributed by atoms with Crippen molar-refractivity contribution in [3.8, 4) is 0 Å². The summed E-state index contributed by atoms with van der Waals surface area (Å²) in [4.78, 5) is 0. The van der Waals surface area contributed by atoms with Crippen LogP contribution in [0.2, 0.25) is 0 Å². The van der Waals surface area contributed by atoms with Gasteiger partial charge in [0.15, 0.2) is 0 Å². The predicted molar refractivity (Wildman–Crippen MR) is 42.3 cm³/mol. The zero-order valence-electron chi connectivity index (χ0n) is 6.55. The summed E-state index contributed by atoms with van der Waals surface area (Å²) in [6.45, 7) is 0. The first-order valence-corrected chi connectivity index (χ1v) is 4.46. The van der Waals surface area contributed by atoms with Crippen molar-refractivity contribution >= 4 is 0 Å². The van der Waals surface area contributed by atoms with Crippen molar-refractivity contribution in [2.45, 2.75) is 31.1 Å². The molecule has 1 nitrogen and oxygen atoms in total. The van der Waals surface area contributed by atoms with Gasteiger partial charge in [-0.2, -0.15) is 0 Å². The topological polar surface area (TPSA) is 13.1 Å². The number of hydrogen-bond acceptors (Lipinski definition) is 1. The predicted octanol–water partition coefficient (Wildman–Crippen LogP) is 2.72. The molecule has 2 fully saturated rings. The van der Waals surface area contributed by atoms with E-state index in [1.165, 1.54) is 31.4 Å². The molecule has 1 aromatic heterocycles. The Bertz CT molecular complexity index is 252. The number of rotatable bonds is 2. The largest absolute Gasteiger partial charge is 0.469 e. The first-order valence-electron chi connectivity index (χ1n) is 4.46. The molecule has 2 aliphatic rings. The molecule has 0 unspecified atom stereocenters. The average molecular weight is 148 g/mol. The first-order chi connectivity index (χ1) is 5.42. The van der Waals surface area contributed by atoms with Crippen LogP contribution in [-0.2, 0) is 5.41 Å². The molecule has 2 aliphatic carbocycles. The van der Waals surface area contributed by atoms with Gasteiger partial charge in [-0.05, 0) is 43.7 Å². The Kier molecular flexibility index (Phi) is 0.913. The lowest BCUT2D eigenvalue weighted by Gasteiger charge is -2.08. The molecule has 0 bridgehead atoms. The van der Waals surface area contributed by atoms with Gasteiger partial charge in [0.2, 0.25) is 0 Å². The van der Waals surface area contributed by atoms with Gasteiger partial charge in [-0.1, -0.05) is 0 Å². The van der Waals surface area contributed by atoms with Crippen LogP contribution in [0.1, 0.15) is 31.4 Å². The Labute approximate surface area is 66.4 Å². The van der Waals surface area contributed by atoms with Crippen molar-refractivity contribution < 1.29 is 4.42 Å². The summed E-state index contributed by atoms with van der Waals surface area (Å²) >= 11 is 0. The van der Waals surface area contributed by atoms with Crippen LogP contribution in [0.15, 0.2) is 22.8 Å². The fourth-order valence-corrected chi connectivity index (χ4v) is 2.19. The molecule has 1 heteroatoms. The minimum atomic E-state index is 0.517. The number of hydrogen-bond donors (Lipinski definition) is 0. The lowest BCUT2D eigenvalue weighted by Crippen LogP contribution is -2.06. The minimum Gasteiger partial charge on any atom is -0.469 e. The van der Waals surface area contributed by atoms with Gasteiger partial charge in [-0.25, -0.2) is 0 Å². The molecular formula is C10H12O. The van der Waals surface area contributed by atoms with Gasteiger partial charge in [0.25, 0.3) is 0 Å². The lowest BCUT2D eigenvalue weighted by molar-refractivity contribution is 0.422. The van der Waals surface area contributed by atoms with Crippen LogP contribution in [-0.4, -0.2) is 0 Å². The Morgan fingerprint density at radius 3 is 2.64 bits per heavy atom. The second kappa shape index (κ2) is 1.71. The van der Waals surface area contributed by atoms with Gasteiger partial charge >= 0.3 is 0 Å². The van der Waals surface area contributed by atoms with Gasteiger partial charge in [0.05, 0.1) is 6.26 Å². The van der Waals surface area contributed by atoms with Crippen molar-refractivity contribution in [2.75, 3.05) is 0 Å². The Morgan fingerprint density at radius 2 is 2.18 bits per heavy atom. The summed E-state index contributed by atoms with van der Waals surface area (Å²) in [5, 5.41) is 0. The first kappa shape index (κ1) is 5.87. The normalized spacial score (nSPS) is 26.9. The van der Waals surface area contributed by atoms with E-state index < -0.39 is 0 Å². The zero-order chi connectivity index (χ0) is 7.31. The fraction of sp³-hybridized carbons (Fsp3) is 0.600. The van der Waals surface area contributed by atoms with Gasteiger partial charge in [-0.15, -0.1) is 0 Å². The van der Waals surface area contributed by atoms with E-state index in [2.05, 4.69) is 6.07 Å². The van der Waals surface area contributed by atoms with Crippen molar-refractivity contribution in [1.29, 1.82) is 0 Å². The molecule has 0 aromatic carbocycles. The molecule has 0 saturated heterocycles. The van der Waals surface area contributed by atoms with Gasteiger partial charge in [0, 0.05) is 5.41 Å². The summed E-state index contributed by atoms with van der Waals surface area (Å²) in [5.74, 6) is 2.22. The van der Waals surface area contributed by atoms with E-state index in [0.717, 1.165) is 5.92 Å². The zero-order valence-corrected chi connectivity index (χ0v) is 6.55. The quantitative estimate of drug-likeness (QED) is 0.628. The van der Waals surface area contributed by atoms with Crippen LogP contribution in [0.5, 0.6) is 0 Å². The van der Waals surface area contributed by atoms with Crippen LogP contribution < -0.4 is 0 Å². The SMILES string of the molecule is c1coc(C2(C3CC3)CC2)c1. The molecule has 0 N–H and O–H groups in total. The van der Waals surface area contributed by atoms with Gasteiger partial charge < -0.3 is 4.42 Å². The Morgan fingerprint density at radius 1 is 1.36 bits per heavy atom. The monoisotopic (exact) mass is 148 g/mol. The van der Waals surface area contributed by atoms with Crippen molar-refractivity contribution in [2.24, 2.45) is 5.92 Å². The molecule has 0 atom stereocenters. The van der Waals surface area contributed by atoms with Crippen LogP contribution in [0.3, 0.4) is 0 Å². The average Bonchev–Trinajstić information content (AvgIpc) is 2.89. The van der Waals surface area contributed by atoms with Crippen LogP contribution in [0.4, 0.5) is 0 Å². The minimum absolute atomic E-state index is 0.517. The fourth-order valence-electron chi connectivity index (χ4n) is 2.19. The molecule has 1 aromatic rings. The molecule has 2 saturated carbocycles. The third-order valence-corrected chi connectivity index (χ3v) is 3.16. The number of furan rings is 1. The van der Waals surface area contributed by atoms with Crippen molar-refractivity contribution in [3.63, 3.8) is 0 Å². The second-order valence-electron chi connectivity index (χ2n) is 3.91. The van der Waals surface area contributed by atoms with E-state index in [4.69, 9.17) is 4.42 Å². The molecule has 3 rings (SSSR count). The molecule has 11 heavy (non-hydrogen) atoms. The molecule has 0 radical (unpaired) electrons. The van der Waals surface area contributed by atoms with E-state index in [9.17, 15) is 0 Å². The van der Waals surface area contributed by atoms with E-state index in [1.807, 2.05) is 6.07 Å². The molecular weight excluding hydrogens is 136 g/mol. The van der Waals surface area contributed by atoms with E-state index in [1.54, 1.807) is 6.26 Å². The molecule has 58 valence electrons. The summed E-state index contributed by atoms with van der Waals surface area (Å²) in [5.41, 5.74) is 0.517. The summed E-state index contributed by atoms with van der Waals surface area (Å²) in [6, 6.07) is 4.16. The third-order valence-electron chi connectivity index (χ3n) is 3.16. The maximum Gasteiger partial charge on any atom is 0.110 e. The van der Waals surface area contributed by atoms with E-state index in [-0.39, 0.29) is 0 Å². The lowest BCUT2D eigenvalue weighted by atomic mass is 9.98. The van der Waals surface area contributed by atoms with E-state index >= 15 is 0 Å². The Hall–Kier alpha value is -0.720. The maximum absolute atomic E-state index is 5.46. The van der Waals surface area contributed by atoms with Crippen LogP contribution in [0.25, 0.3) is 0 Å². The maximum atomic E-state index is 5.46. The highest BCUT2D eigenvalue weighted by atomic mass is 16.3. The van der Waals surface area contributed by atoms with Gasteiger partial charge in [-0.3, -0.25) is 0 Å².